The monoisotopic (exact) mass is 329 g/mol. The number of hydrogen-bond acceptors (Lipinski definition) is 2. The second kappa shape index (κ2) is 5.21. The van der Waals surface area contributed by atoms with Gasteiger partial charge in [-0.2, -0.15) is 0 Å². The second-order valence-corrected chi connectivity index (χ2v) is 6.13. The Bertz CT molecular complexity index is 508. The summed E-state index contributed by atoms with van der Waals surface area (Å²) in [5, 5.41) is 9.41. The van der Waals surface area contributed by atoms with E-state index in [9.17, 15) is 14.3 Å². The summed E-state index contributed by atoms with van der Waals surface area (Å²) in [5.74, 6) is -1.14. The SMILES string of the molecule is CC(c1ccc(Br)cc1F)N1CCCC1(C)C(=O)O. The Kier molecular flexibility index (Phi) is 3.97. The number of carboxylic acids is 1. The van der Waals surface area contributed by atoms with Gasteiger partial charge in [0.2, 0.25) is 0 Å². The highest BCUT2D eigenvalue weighted by Gasteiger charge is 2.45. The summed E-state index contributed by atoms with van der Waals surface area (Å²) in [6.07, 6.45) is 1.43. The van der Waals surface area contributed by atoms with Gasteiger partial charge in [0.25, 0.3) is 0 Å². The van der Waals surface area contributed by atoms with Gasteiger partial charge in [-0.25, -0.2) is 4.39 Å². The zero-order valence-electron chi connectivity index (χ0n) is 11.0. The van der Waals surface area contributed by atoms with E-state index in [1.54, 1.807) is 19.1 Å². The molecule has 1 aliphatic heterocycles. The fourth-order valence-electron chi connectivity index (χ4n) is 2.84. The van der Waals surface area contributed by atoms with Crippen LogP contribution < -0.4 is 0 Å². The van der Waals surface area contributed by atoms with Crippen LogP contribution in [-0.4, -0.2) is 28.1 Å². The van der Waals surface area contributed by atoms with Crippen LogP contribution in [0.15, 0.2) is 22.7 Å². The quantitative estimate of drug-likeness (QED) is 0.921. The van der Waals surface area contributed by atoms with Gasteiger partial charge in [-0.3, -0.25) is 9.69 Å². The molecule has 1 aliphatic rings. The zero-order chi connectivity index (χ0) is 14.2. The van der Waals surface area contributed by atoms with Crippen molar-refractivity contribution < 1.29 is 14.3 Å². The van der Waals surface area contributed by atoms with Crippen molar-refractivity contribution in [3.05, 3.63) is 34.1 Å². The third kappa shape index (κ3) is 2.54. The molecule has 104 valence electrons. The summed E-state index contributed by atoms with van der Waals surface area (Å²) in [7, 11) is 0. The van der Waals surface area contributed by atoms with Crippen LogP contribution in [0.3, 0.4) is 0 Å². The highest BCUT2D eigenvalue weighted by molar-refractivity contribution is 9.10. The standard InChI is InChI=1S/C14H17BrFNO2/c1-9(11-5-4-10(15)8-12(11)16)17-7-3-6-14(17,2)13(18)19/h4-5,8-9H,3,6-7H2,1-2H3,(H,18,19). The van der Waals surface area contributed by atoms with Crippen molar-refractivity contribution in [2.45, 2.75) is 38.3 Å². The van der Waals surface area contributed by atoms with E-state index in [2.05, 4.69) is 15.9 Å². The number of likely N-dealkylation sites (tertiary alicyclic amines) is 1. The van der Waals surface area contributed by atoms with Gasteiger partial charge >= 0.3 is 5.97 Å². The van der Waals surface area contributed by atoms with E-state index in [0.717, 1.165) is 6.42 Å². The van der Waals surface area contributed by atoms with Crippen LogP contribution in [0.5, 0.6) is 0 Å². The lowest BCUT2D eigenvalue weighted by molar-refractivity contribution is -0.149. The van der Waals surface area contributed by atoms with Crippen LogP contribution >= 0.6 is 15.9 Å². The average Bonchev–Trinajstić information content (AvgIpc) is 2.72. The average molecular weight is 330 g/mol. The maximum absolute atomic E-state index is 14.0. The first-order valence-corrected chi connectivity index (χ1v) is 7.10. The summed E-state index contributed by atoms with van der Waals surface area (Å²) >= 11 is 3.23. The number of halogens is 2. The van der Waals surface area contributed by atoms with E-state index in [4.69, 9.17) is 0 Å². The normalized spacial score (nSPS) is 25.5. The van der Waals surface area contributed by atoms with Crippen molar-refractivity contribution in [3.8, 4) is 0 Å². The first-order chi connectivity index (χ1) is 8.86. The molecule has 1 heterocycles. The van der Waals surface area contributed by atoms with Crippen molar-refractivity contribution in [2.24, 2.45) is 0 Å². The third-order valence-electron chi connectivity index (χ3n) is 4.04. The Morgan fingerprint density at radius 1 is 1.58 bits per heavy atom. The van der Waals surface area contributed by atoms with E-state index in [1.165, 1.54) is 6.07 Å². The molecule has 1 fully saturated rings. The van der Waals surface area contributed by atoms with Gasteiger partial charge in [0.1, 0.15) is 11.4 Å². The topological polar surface area (TPSA) is 40.5 Å². The summed E-state index contributed by atoms with van der Waals surface area (Å²) in [6.45, 7) is 4.26. The number of aliphatic carboxylic acids is 1. The second-order valence-electron chi connectivity index (χ2n) is 5.22. The van der Waals surface area contributed by atoms with Crippen LogP contribution in [0.4, 0.5) is 4.39 Å². The Morgan fingerprint density at radius 3 is 2.84 bits per heavy atom. The number of carboxylic acid groups (broad SMARTS) is 1. The van der Waals surface area contributed by atoms with Crippen LogP contribution in [-0.2, 0) is 4.79 Å². The molecular weight excluding hydrogens is 313 g/mol. The number of hydrogen-bond donors (Lipinski definition) is 1. The number of carbonyl (C=O) groups is 1. The van der Waals surface area contributed by atoms with Crippen molar-refractivity contribution in [3.63, 3.8) is 0 Å². The minimum Gasteiger partial charge on any atom is -0.480 e. The largest absolute Gasteiger partial charge is 0.480 e. The Hall–Kier alpha value is -0.940. The molecular formula is C14H17BrFNO2. The zero-order valence-corrected chi connectivity index (χ0v) is 12.6. The number of nitrogens with zero attached hydrogens (tertiary/aromatic N) is 1. The Balaban J connectivity index is 2.33. The molecule has 19 heavy (non-hydrogen) atoms. The Morgan fingerprint density at radius 2 is 2.26 bits per heavy atom. The van der Waals surface area contributed by atoms with Gasteiger partial charge in [0, 0.05) is 16.1 Å². The summed E-state index contributed by atoms with van der Waals surface area (Å²) in [6, 6.07) is 4.66. The first kappa shape index (κ1) is 14.5. The molecule has 5 heteroatoms. The van der Waals surface area contributed by atoms with E-state index >= 15 is 0 Å². The minimum atomic E-state index is -0.904. The van der Waals surface area contributed by atoms with Crippen molar-refractivity contribution in [1.82, 2.24) is 4.90 Å². The van der Waals surface area contributed by atoms with Gasteiger partial charge in [-0.15, -0.1) is 0 Å². The molecule has 0 amide bonds. The van der Waals surface area contributed by atoms with Crippen molar-refractivity contribution in [1.29, 1.82) is 0 Å². The molecule has 0 spiro atoms. The van der Waals surface area contributed by atoms with E-state index < -0.39 is 11.5 Å². The molecule has 0 saturated carbocycles. The predicted octanol–water partition coefficient (Wildman–Crippen LogP) is 3.59. The van der Waals surface area contributed by atoms with E-state index in [0.29, 0.717) is 23.0 Å². The molecule has 0 radical (unpaired) electrons. The molecule has 1 N–H and O–H groups in total. The van der Waals surface area contributed by atoms with Crippen LogP contribution in [0.25, 0.3) is 0 Å². The molecule has 1 saturated heterocycles. The maximum atomic E-state index is 14.0. The molecule has 0 bridgehead atoms. The minimum absolute atomic E-state index is 0.253. The van der Waals surface area contributed by atoms with Crippen molar-refractivity contribution in [2.75, 3.05) is 6.54 Å². The van der Waals surface area contributed by atoms with Gasteiger partial charge < -0.3 is 5.11 Å². The lowest BCUT2D eigenvalue weighted by Crippen LogP contribution is -2.49. The van der Waals surface area contributed by atoms with Gasteiger partial charge in [-0.1, -0.05) is 22.0 Å². The summed E-state index contributed by atoms with van der Waals surface area (Å²) in [5.41, 5.74) is -0.364. The first-order valence-electron chi connectivity index (χ1n) is 6.31. The fourth-order valence-corrected chi connectivity index (χ4v) is 3.18. The van der Waals surface area contributed by atoms with Gasteiger partial charge in [-0.05, 0) is 45.4 Å². The fraction of sp³-hybridized carbons (Fsp3) is 0.500. The van der Waals surface area contributed by atoms with Gasteiger partial charge in [0.15, 0.2) is 0 Å². The lowest BCUT2D eigenvalue weighted by atomic mass is 9.96. The molecule has 0 aromatic heterocycles. The maximum Gasteiger partial charge on any atom is 0.323 e. The van der Waals surface area contributed by atoms with Crippen molar-refractivity contribution >= 4 is 21.9 Å². The van der Waals surface area contributed by atoms with E-state index in [1.807, 2.05) is 11.8 Å². The molecule has 2 rings (SSSR count). The molecule has 3 nitrogen and oxygen atoms in total. The molecule has 0 aliphatic carbocycles. The molecule has 1 aromatic rings. The highest BCUT2D eigenvalue weighted by Crippen LogP contribution is 2.37. The Labute approximate surface area is 120 Å². The lowest BCUT2D eigenvalue weighted by Gasteiger charge is -2.36. The van der Waals surface area contributed by atoms with Crippen LogP contribution in [0, 0.1) is 5.82 Å². The van der Waals surface area contributed by atoms with Crippen LogP contribution in [0.2, 0.25) is 0 Å². The number of rotatable bonds is 3. The summed E-state index contributed by atoms with van der Waals surface area (Å²) in [4.78, 5) is 13.3. The third-order valence-corrected chi connectivity index (χ3v) is 4.53. The molecule has 1 aromatic carbocycles. The predicted molar refractivity (Wildman–Crippen MR) is 74.5 cm³/mol. The van der Waals surface area contributed by atoms with Crippen LogP contribution in [0.1, 0.15) is 38.3 Å². The number of benzene rings is 1. The summed E-state index contributed by atoms with van der Waals surface area (Å²) < 4.78 is 14.7. The smallest absolute Gasteiger partial charge is 0.323 e. The van der Waals surface area contributed by atoms with E-state index in [-0.39, 0.29) is 11.9 Å². The van der Waals surface area contributed by atoms with Gasteiger partial charge in [0.05, 0.1) is 0 Å². The highest BCUT2D eigenvalue weighted by atomic mass is 79.9. The molecule has 2 atom stereocenters. The molecule has 2 unspecified atom stereocenters.